The number of likely N-dealkylation sites (tertiary alicyclic amines) is 1. The predicted molar refractivity (Wildman–Crippen MR) is 125 cm³/mol. The number of thioether (sulfide) groups is 1. The van der Waals surface area contributed by atoms with Crippen molar-refractivity contribution in [2.75, 3.05) is 43.3 Å². The smallest absolute Gasteiger partial charge is 0.226 e. The maximum absolute atomic E-state index is 13.8. The Kier molecular flexibility index (Phi) is 8.01. The molecule has 4 rings (SSSR count). The Bertz CT molecular complexity index is 758. The monoisotopic (exact) mass is 469 g/mol. The fourth-order valence-corrected chi connectivity index (χ4v) is 5.39. The van der Waals surface area contributed by atoms with Crippen molar-refractivity contribution >= 4 is 35.0 Å². The summed E-state index contributed by atoms with van der Waals surface area (Å²) < 4.78 is 20.2. The van der Waals surface area contributed by atoms with Gasteiger partial charge in [-0.15, -0.1) is 11.8 Å². The Morgan fingerprint density at radius 3 is 2.71 bits per heavy atom. The lowest BCUT2D eigenvalue weighted by molar-refractivity contribution is -0.140. The topological polar surface area (TPSA) is 44.8 Å². The minimum Gasteiger partial charge on any atom is -0.376 e. The summed E-state index contributed by atoms with van der Waals surface area (Å²) in [7, 11) is 0. The third kappa shape index (κ3) is 5.67. The van der Waals surface area contributed by atoms with E-state index < -0.39 is 0 Å². The molecule has 0 spiro atoms. The van der Waals surface area contributed by atoms with E-state index in [2.05, 4.69) is 21.4 Å². The Morgan fingerprint density at radius 1 is 1.23 bits per heavy atom. The van der Waals surface area contributed by atoms with Crippen molar-refractivity contribution in [1.82, 2.24) is 10.2 Å². The molecule has 1 saturated carbocycles. The van der Waals surface area contributed by atoms with Gasteiger partial charge >= 0.3 is 0 Å². The number of amides is 1. The van der Waals surface area contributed by atoms with Gasteiger partial charge in [0.15, 0.2) is 0 Å². The fraction of sp³-hybridized carbons (Fsp3) is 0.696. The molecule has 0 bridgehead atoms. The minimum absolute atomic E-state index is 0.102. The van der Waals surface area contributed by atoms with E-state index in [4.69, 9.17) is 16.3 Å². The van der Waals surface area contributed by atoms with Crippen LogP contribution in [-0.4, -0.2) is 67.4 Å². The van der Waals surface area contributed by atoms with Crippen LogP contribution in [0.15, 0.2) is 18.2 Å². The van der Waals surface area contributed by atoms with E-state index >= 15 is 0 Å². The molecule has 1 N–H and O–H groups in total. The van der Waals surface area contributed by atoms with Gasteiger partial charge in [0.2, 0.25) is 5.91 Å². The highest BCUT2D eigenvalue weighted by atomic mass is 35.5. The highest BCUT2D eigenvalue weighted by Crippen LogP contribution is 2.34. The molecule has 0 aromatic heterocycles. The molecule has 0 unspecified atom stereocenters. The Balaban J connectivity index is 1.33. The van der Waals surface area contributed by atoms with Crippen molar-refractivity contribution in [3.8, 4) is 0 Å². The molecule has 0 radical (unpaired) electrons. The van der Waals surface area contributed by atoms with Crippen LogP contribution in [0.3, 0.4) is 0 Å². The fourth-order valence-electron chi connectivity index (χ4n) is 4.76. The molecule has 1 aromatic rings. The zero-order valence-electron chi connectivity index (χ0n) is 18.2. The molecular formula is C23H33ClFN3O2S. The normalized spacial score (nSPS) is 25.1. The van der Waals surface area contributed by atoms with E-state index in [1.165, 1.54) is 6.07 Å². The first-order valence-corrected chi connectivity index (χ1v) is 13.2. The SMILES string of the molecule is CSCN[C@H]1CCCN(C(=O)C2CC2)[C@H]1COC1CCN(c2cccc(F)c2Cl)CC1. The van der Waals surface area contributed by atoms with Crippen LogP contribution in [0.5, 0.6) is 0 Å². The summed E-state index contributed by atoms with van der Waals surface area (Å²) in [5.41, 5.74) is 0.759. The lowest BCUT2D eigenvalue weighted by Gasteiger charge is -2.43. The molecule has 2 aliphatic heterocycles. The van der Waals surface area contributed by atoms with Gasteiger partial charge in [0.05, 0.1) is 29.5 Å². The van der Waals surface area contributed by atoms with E-state index in [9.17, 15) is 9.18 Å². The number of halogens is 2. The van der Waals surface area contributed by atoms with Crippen molar-refractivity contribution in [3.63, 3.8) is 0 Å². The molecule has 31 heavy (non-hydrogen) atoms. The number of ether oxygens (including phenoxy) is 1. The van der Waals surface area contributed by atoms with Crippen LogP contribution in [0.4, 0.5) is 10.1 Å². The van der Waals surface area contributed by atoms with Gasteiger partial charge in [-0.1, -0.05) is 17.7 Å². The van der Waals surface area contributed by atoms with Crippen LogP contribution in [-0.2, 0) is 9.53 Å². The standard InChI is InChI=1S/C23H33ClFN3O2S/c1-31-15-26-19-5-3-11-28(23(29)16-7-8-16)21(19)14-30-17-9-12-27(13-10-17)20-6-2-4-18(25)22(20)24/h2,4,6,16-17,19,21,26H,3,5,7-15H2,1H3/t19-,21-/m0/s1. The lowest BCUT2D eigenvalue weighted by atomic mass is 9.96. The number of rotatable bonds is 8. The molecule has 1 aliphatic carbocycles. The van der Waals surface area contributed by atoms with Crippen LogP contribution in [0.1, 0.15) is 38.5 Å². The summed E-state index contributed by atoms with van der Waals surface area (Å²) in [5.74, 6) is 1.07. The molecule has 5 nitrogen and oxygen atoms in total. The Hall–Kier alpha value is -1.02. The maximum atomic E-state index is 13.8. The lowest BCUT2D eigenvalue weighted by Crippen LogP contribution is -2.58. The van der Waals surface area contributed by atoms with Crippen molar-refractivity contribution in [2.24, 2.45) is 5.92 Å². The third-order valence-corrected chi connectivity index (χ3v) is 7.52. The summed E-state index contributed by atoms with van der Waals surface area (Å²) >= 11 is 7.94. The number of hydrogen-bond acceptors (Lipinski definition) is 5. The van der Waals surface area contributed by atoms with Crippen molar-refractivity contribution in [1.29, 1.82) is 0 Å². The summed E-state index contributed by atoms with van der Waals surface area (Å²) in [6.07, 6.45) is 8.20. The number of carbonyl (C=O) groups is 1. The van der Waals surface area contributed by atoms with E-state index in [1.807, 2.05) is 6.07 Å². The second-order valence-corrected chi connectivity index (χ2v) is 10.1. The van der Waals surface area contributed by atoms with E-state index in [0.717, 1.165) is 69.7 Å². The quantitative estimate of drug-likeness (QED) is 0.579. The predicted octanol–water partition coefficient (Wildman–Crippen LogP) is 4.14. The van der Waals surface area contributed by atoms with Crippen molar-refractivity contribution in [2.45, 2.75) is 56.7 Å². The zero-order chi connectivity index (χ0) is 21.8. The molecule has 1 aromatic carbocycles. The highest BCUT2D eigenvalue weighted by Gasteiger charge is 2.41. The van der Waals surface area contributed by atoms with Gasteiger partial charge in [0.1, 0.15) is 5.82 Å². The summed E-state index contributed by atoms with van der Waals surface area (Å²) in [4.78, 5) is 17.1. The van der Waals surface area contributed by atoms with Gasteiger partial charge in [0, 0.05) is 37.5 Å². The Morgan fingerprint density at radius 2 is 2.00 bits per heavy atom. The number of hydrogen-bond donors (Lipinski definition) is 1. The summed E-state index contributed by atoms with van der Waals surface area (Å²) in [5, 5.41) is 3.82. The first-order valence-electron chi connectivity index (χ1n) is 11.4. The second kappa shape index (κ2) is 10.7. The average Bonchev–Trinajstić information content (AvgIpc) is 3.64. The molecular weight excluding hydrogens is 437 g/mol. The molecule has 8 heteroatoms. The molecule has 2 saturated heterocycles. The van der Waals surface area contributed by atoms with Crippen molar-refractivity contribution < 1.29 is 13.9 Å². The van der Waals surface area contributed by atoms with Gasteiger partial charge < -0.3 is 19.9 Å². The summed E-state index contributed by atoms with van der Waals surface area (Å²) in [6.45, 7) is 3.00. The van der Waals surface area contributed by atoms with Crippen molar-refractivity contribution in [3.05, 3.63) is 29.0 Å². The average molecular weight is 470 g/mol. The van der Waals surface area contributed by atoms with Crippen LogP contribution >= 0.6 is 23.4 Å². The van der Waals surface area contributed by atoms with Crippen LogP contribution in [0, 0.1) is 11.7 Å². The minimum atomic E-state index is -0.376. The van der Waals surface area contributed by atoms with Gasteiger partial charge in [-0.05, 0) is 56.9 Å². The number of nitrogens with zero attached hydrogens (tertiary/aromatic N) is 2. The van der Waals surface area contributed by atoms with E-state index in [0.29, 0.717) is 12.5 Å². The van der Waals surface area contributed by atoms with Gasteiger partial charge in [-0.2, -0.15) is 0 Å². The zero-order valence-corrected chi connectivity index (χ0v) is 19.8. The van der Waals surface area contributed by atoms with Gasteiger partial charge in [-0.3, -0.25) is 4.79 Å². The summed E-state index contributed by atoms with van der Waals surface area (Å²) in [6, 6.07) is 5.36. The molecule has 172 valence electrons. The van der Waals surface area contributed by atoms with E-state index in [1.54, 1.807) is 17.8 Å². The molecule has 1 amide bonds. The second-order valence-electron chi connectivity index (χ2n) is 8.85. The van der Waals surface area contributed by atoms with Crippen LogP contribution in [0.25, 0.3) is 0 Å². The molecule has 2 atom stereocenters. The number of piperidine rings is 2. The van der Waals surface area contributed by atoms with Gasteiger partial charge in [0.25, 0.3) is 0 Å². The number of nitrogens with one attached hydrogen (secondary N) is 1. The third-order valence-electron chi connectivity index (χ3n) is 6.70. The van der Waals surface area contributed by atoms with Crippen LogP contribution < -0.4 is 10.2 Å². The Labute approximate surface area is 194 Å². The largest absolute Gasteiger partial charge is 0.376 e. The van der Waals surface area contributed by atoms with E-state index in [-0.39, 0.29) is 34.9 Å². The number of carbonyl (C=O) groups excluding carboxylic acids is 1. The molecule has 3 fully saturated rings. The highest BCUT2D eigenvalue weighted by molar-refractivity contribution is 7.98. The molecule has 2 heterocycles. The number of benzene rings is 1. The molecule has 3 aliphatic rings. The first kappa shape index (κ1) is 23.1. The maximum Gasteiger partial charge on any atom is 0.226 e. The van der Waals surface area contributed by atoms with Crippen LogP contribution in [0.2, 0.25) is 5.02 Å². The first-order chi connectivity index (χ1) is 15.1. The number of anilines is 1. The van der Waals surface area contributed by atoms with Gasteiger partial charge in [-0.25, -0.2) is 4.39 Å².